The summed E-state index contributed by atoms with van der Waals surface area (Å²) >= 11 is 7.85. The molecule has 0 amide bonds. The number of fused-ring (bicyclic) bond motifs is 1. The Morgan fingerprint density at radius 2 is 2.09 bits per heavy atom. The minimum Gasteiger partial charge on any atom is -0.475 e. The van der Waals surface area contributed by atoms with Crippen LogP contribution in [-0.2, 0) is 11.3 Å². The highest BCUT2D eigenvalue weighted by Crippen LogP contribution is 2.29. The number of thiophene rings is 1. The van der Waals surface area contributed by atoms with Crippen LogP contribution in [-0.4, -0.2) is 39.8 Å². The van der Waals surface area contributed by atoms with Crippen molar-refractivity contribution in [3.63, 3.8) is 0 Å². The Kier molecular flexibility index (Phi) is 7.90. The molecule has 3 N–H and O–H groups in total. The van der Waals surface area contributed by atoms with E-state index in [1.165, 1.54) is 6.42 Å². The van der Waals surface area contributed by atoms with E-state index in [-0.39, 0.29) is 0 Å². The lowest BCUT2D eigenvalue weighted by atomic mass is 10.2. The number of halogens is 4. The van der Waals surface area contributed by atoms with E-state index < -0.39 is 12.1 Å². The first kappa shape index (κ1) is 23.8. The number of aliphatic carboxylic acids is 1. The van der Waals surface area contributed by atoms with Crippen LogP contribution >= 0.6 is 22.9 Å². The van der Waals surface area contributed by atoms with E-state index in [1.807, 2.05) is 30.3 Å². The van der Waals surface area contributed by atoms with Crippen LogP contribution in [0.15, 0.2) is 36.7 Å². The molecular formula is C21H18ClF3N4O2S. The van der Waals surface area contributed by atoms with Crippen molar-refractivity contribution >= 4 is 44.9 Å². The van der Waals surface area contributed by atoms with Crippen molar-refractivity contribution in [2.24, 2.45) is 0 Å². The molecule has 168 valence electrons. The molecule has 1 saturated heterocycles. The number of aromatic nitrogens is 2. The quantitative estimate of drug-likeness (QED) is 0.469. The molecule has 1 aromatic carbocycles. The van der Waals surface area contributed by atoms with E-state index in [0.29, 0.717) is 12.6 Å². The predicted octanol–water partition coefficient (Wildman–Crippen LogP) is 4.69. The summed E-state index contributed by atoms with van der Waals surface area (Å²) in [5.74, 6) is 4.65. The third kappa shape index (κ3) is 6.56. The first-order valence-corrected chi connectivity index (χ1v) is 10.7. The van der Waals surface area contributed by atoms with Gasteiger partial charge in [-0.25, -0.2) is 14.8 Å². The Bertz CT molecular complexity index is 1150. The second-order valence-corrected chi connectivity index (χ2v) is 8.17. The molecular weight excluding hydrogens is 465 g/mol. The maximum atomic E-state index is 10.6. The Labute approximate surface area is 190 Å². The zero-order chi connectivity index (χ0) is 23.1. The second kappa shape index (κ2) is 10.6. The van der Waals surface area contributed by atoms with Crippen LogP contribution in [0.25, 0.3) is 10.2 Å². The number of benzene rings is 1. The lowest BCUT2D eigenvalue weighted by Gasteiger charge is -2.07. The van der Waals surface area contributed by atoms with Gasteiger partial charge in [0.25, 0.3) is 0 Å². The van der Waals surface area contributed by atoms with Crippen LogP contribution in [0.1, 0.15) is 23.3 Å². The minimum absolute atomic E-state index is 0.314. The Morgan fingerprint density at radius 3 is 2.75 bits per heavy atom. The Balaban J connectivity index is 0.000000360. The molecule has 11 heteroatoms. The number of carbonyl (C=O) groups is 1. The summed E-state index contributed by atoms with van der Waals surface area (Å²) in [4.78, 5) is 18.7. The molecule has 0 saturated carbocycles. The molecule has 0 aliphatic carbocycles. The van der Waals surface area contributed by atoms with E-state index in [9.17, 15) is 13.2 Å². The largest absolute Gasteiger partial charge is 0.490 e. The third-order valence-corrected chi connectivity index (χ3v) is 5.80. The van der Waals surface area contributed by atoms with Crippen molar-refractivity contribution < 1.29 is 23.1 Å². The van der Waals surface area contributed by atoms with E-state index in [4.69, 9.17) is 21.5 Å². The van der Waals surface area contributed by atoms with Gasteiger partial charge in [-0.15, -0.1) is 11.3 Å². The summed E-state index contributed by atoms with van der Waals surface area (Å²) in [7, 11) is 0. The molecule has 0 bridgehead atoms. The molecule has 1 fully saturated rings. The zero-order valence-electron chi connectivity index (χ0n) is 16.5. The lowest BCUT2D eigenvalue weighted by molar-refractivity contribution is -0.192. The van der Waals surface area contributed by atoms with Crippen LogP contribution in [0.5, 0.6) is 0 Å². The SMILES string of the molecule is Clc1ccccc1CNc1ncnc2cc(C#CC3CCCN3)sc12.O=C(O)C(F)(F)F. The summed E-state index contributed by atoms with van der Waals surface area (Å²) in [5.41, 5.74) is 1.96. The number of carboxylic acids is 1. The summed E-state index contributed by atoms with van der Waals surface area (Å²) in [6.45, 7) is 1.68. The number of rotatable bonds is 3. The van der Waals surface area contributed by atoms with Gasteiger partial charge in [0, 0.05) is 11.6 Å². The van der Waals surface area contributed by atoms with E-state index in [2.05, 4.69) is 32.4 Å². The van der Waals surface area contributed by atoms with Gasteiger partial charge in [0.05, 0.1) is 21.1 Å². The highest BCUT2D eigenvalue weighted by atomic mass is 35.5. The van der Waals surface area contributed by atoms with Crippen molar-refractivity contribution in [1.82, 2.24) is 15.3 Å². The van der Waals surface area contributed by atoms with Crippen LogP contribution < -0.4 is 10.6 Å². The topological polar surface area (TPSA) is 87.1 Å². The van der Waals surface area contributed by atoms with E-state index >= 15 is 0 Å². The van der Waals surface area contributed by atoms with Gasteiger partial charge >= 0.3 is 12.1 Å². The fraction of sp³-hybridized carbons (Fsp3) is 0.286. The summed E-state index contributed by atoms with van der Waals surface area (Å²) < 4.78 is 32.8. The number of anilines is 1. The molecule has 0 radical (unpaired) electrons. The van der Waals surface area contributed by atoms with Crippen LogP contribution in [0.2, 0.25) is 5.02 Å². The minimum atomic E-state index is -5.08. The lowest BCUT2D eigenvalue weighted by Crippen LogP contribution is -2.21. The molecule has 4 rings (SSSR count). The summed E-state index contributed by atoms with van der Waals surface area (Å²) in [6, 6.07) is 10.2. The zero-order valence-corrected chi connectivity index (χ0v) is 18.1. The van der Waals surface area contributed by atoms with Gasteiger partial charge in [0.1, 0.15) is 12.1 Å². The van der Waals surface area contributed by atoms with Gasteiger partial charge < -0.3 is 15.7 Å². The van der Waals surface area contributed by atoms with Gasteiger partial charge in [-0.2, -0.15) is 13.2 Å². The Hall–Kier alpha value is -2.87. The molecule has 1 aliphatic heterocycles. The fourth-order valence-corrected chi connectivity index (χ4v) is 3.97. The van der Waals surface area contributed by atoms with Gasteiger partial charge in [0.2, 0.25) is 0 Å². The molecule has 3 aromatic rings. The van der Waals surface area contributed by atoms with E-state index in [0.717, 1.165) is 44.5 Å². The molecule has 3 heterocycles. The smallest absolute Gasteiger partial charge is 0.475 e. The van der Waals surface area contributed by atoms with E-state index in [1.54, 1.807) is 17.7 Å². The first-order valence-electron chi connectivity index (χ1n) is 9.51. The number of hydrogen-bond acceptors (Lipinski definition) is 6. The van der Waals surface area contributed by atoms with Crippen molar-refractivity contribution in [3.8, 4) is 11.8 Å². The first-order chi connectivity index (χ1) is 15.2. The maximum absolute atomic E-state index is 10.6. The predicted molar refractivity (Wildman–Crippen MR) is 118 cm³/mol. The molecule has 2 aromatic heterocycles. The average molecular weight is 483 g/mol. The molecule has 32 heavy (non-hydrogen) atoms. The fourth-order valence-electron chi connectivity index (χ4n) is 2.83. The highest BCUT2D eigenvalue weighted by molar-refractivity contribution is 7.20. The highest BCUT2D eigenvalue weighted by Gasteiger charge is 2.38. The standard InChI is InChI=1S/C19H17ClN4S.C2HF3O2/c20-16-6-2-1-4-13(16)11-22-19-18-17(23-12-24-19)10-15(25-18)8-7-14-5-3-9-21-14;3-2(4,5)1(6)7/h1-2,4,6,10,12,14,21H,3,5,9,11H2,(H,22,23,24);(H,6,7). The van der Waals surface area contributed by atoms with Crippen molar-refractivity contribution in [2.45, 2.75) is 31.6 Å². The van der Waals surface area contributed by atoms with Crippen LogP contribution in [0.3, 0.4) is 0 Å². The molecule has 1 unspecified atom stereocenters. The van der Waals surface area contributed by atoms with Crippen molar-refractivity contribution in [1.29, 1.82) is 0 Å². The average Bonchev–Trinajstić information content (AvgIpc) is 3.41. The summed E-state index contributed by atoms with van der Waals surface area (Å²) in [5, 5.41) is 14.6. The molecule has 1 aliphatic rings. The number of nitrogens with zero attached hydrogens (tertiary/aromatic N) is 2. The Morgan fingerprint density at radius 1 is 1.34 bits per heavy atom. The number of hydrogen-bond donors (Lipinski definition) is 3. The van der Waals surface area contributed by atoms with Crippen LogP contribution in [0.4, 0.5) is 19.0 Å². The molecule has 1 atom stereocenters. The normalized spacial score (nSPS) is 15.4. The molecule has 6 nitrogen and oxygen atoms in total. The number of carboxylic acid groups (broad SMARTS) is 1. The van der Waals surface area contributed by atoms with Crippen LogP contribution in [0, 0.1) is 11.8 Å². The third-order valence-electron chi connectivity index (χ3n) is 4.39. The monoisotopic (exact) mass is 482 g/mol. The second-order valence-electron chi connectivity index (χ2n) is 6.71. The van der Waals surface area contributed by atoms with Gasteiger partial charge in [0.15, 0.2) is 0 Å². The maximum Gasteiger partial charge on any atom is 0.490 e. The number of alkyl halides is 3. The molecule has 0 spiro atoms. The number of nitrogens with one attached hydrogen (secondary N) is 2. The van der Waals surface area contributed by atoms with Crippen molar-refractivity contribution in [2.75, 3.05) is 11.9 Å². The van der Waals surface area contributed by atoms with Crippen molar-refractivity contribution in [3.05, 3.63) is 52.1 Å². The summed E-state index contributed by atoms with van der Waals surface area (Å²) in [6.07, 6.45) is -1.17. The van der Waals surface area contributed by atoms with Gasteiger partial charge in [-0.05, 0) is 37.1 Å². The van der Waals surface area contributed by atoms with Gasteiger partial charge in [-0.3, -0.25) is 0 Å². The van der Waals surface area contributed by atoms with Gasteiger partial charge in [-0.1, -0.05) is 41.6 Å².